The predicted octanol–water partition coefficient (Wildman–Crippen LogP) is 1.71. The van der Waals surface area contributed by atoms with Gasteiger partial charge in [0.1, 0.15) is 12.0 Å². The van der Waals surface area contributed by atoms with E-state index in [1.54, 1.807) is 31.5 Å². The highest BCUT2D eigenvalue weighted by Gasteiger charge is 2.20. The van der Waals surface area contributed by atoms with Gasteiger partial charge in [0.25, 0.3) is 5.91 Å². The van der Waals surface area contributed by atoms with Crippen molar-refractivity contribution in [2.45, 2.75) is 33.4 Å². The van der Waals surface area contributed by atoms with Gasteiger partial charge in [0.2, 0.25) is 5.95 Å². The molecule has 0 spiro atoms. The molecule has 0 aliphatic rings. The van der Waals surface area contributed by atoms with Gasteiger partial charge in [0.05, 0.1) is 6.54 Å². The van der Waals surface area contributed by atoms with Crippen molar-refractivity contribution in [3.63, 3.8) is 0 Å². The Labute approximate surface area is 132 Å². The highest BCUT2D eigenvalue weighted by molar-refractivity contribution is 5.93. The van der Waals surface area contributed by atoms with Crippen molar-refractivity contribution >= 4 is 11.6 Å². The van der Waals surface area contributed by atoms with Gasteiger partial charge in [-0.3, -0.25) is 9.20 Å². The number of hydrogen-bond acceptors (Lipinski definition) is 4. The lowest BCUT2D eigenvalue weighted by Gasteiger charge is -2.05. The summed E-state index contributed by atoms with van der Waals surface area (Å²) in [4.78, 5) is 16.3. The number of aromatic nitrogens is 5. The smallest absolute Gasteiger partial charge is 0.275 e. The minimum absolute atomic E-state index is 0.172. The molecule has 0 aliphatic heterocycles. The molecule has 0 aromatic carbocycles. The van der Waals surface area contributed by atoms with Gasteiger partial charge in [-0.25, -0.2) is 4.98 Å². The molecule has 3 rings (SSSR count). The van der Waals surface area contributed by atoms with Gasteiger partial charge in [-0.15, -0.1) is 10.2 Å². The number of halogens is 1. The van der Waals surface area contributed by atoms with Crippen molar-refractivity contribution in [3.05, 3.63) is 47.7 Å². The van der Waals surface area contributed by atoms with Crippen molar-refractivity contribution < 1.29 is 9.18 Å². The van der Waals surface area contributed by atoms with Crippen molar-refractivity contribution in [1.82, 2.24) is 29.5 Å². The van der Waals surface area contributed by atoms with Crippen molar-refractivity contribution in [2.75, 3.05) is 0 Å². The Kier molecular flexibility index (Phi) is 4.05. The van der Waals surface area contributed by atoms with Gasteiger partial charge < -0.3 is 9.88 Å². The van der Waals surface area contributed by atoms with Crippen molar-refractivity contribution in [2.24, 2.45) is 0 Å². The van der Waals surface area contributed by atoms with E-state index in [9.17, 15) is 9.18 Å². The van der Waals surface area contributed by atoms with Crippen LogP contribution in [-0.4, -0.2) is 30.1 Å². The van der Waals surface area contributed by atoms with Gasteiger partial charge >= 0.3 is 0 Å². The molecule has 0 radical (unpaired) electrons. The summed E-state index contributed by atoms with van der Waals surface area (Å²) in [5.74, 6) is -0.608. The maximum atomic E-state index is 14.4. The summed E-state index contributed by atoms with van der Waals surface area (Å²) in [6, 6.07) is 5.18. The van der Waals surface area contributed by atoms with Crippen molar-refractivity contribution in [1.29, 1.82) is 0 Å². The van der Waals surface area contributed by atoms with Gasteiger partial charge in [-0.2, -0.15) is 4.39 Å². The number of aryl methyl sites for hydroxylation is 2. The van der Waals surface area contributed by atoms with Crippen LogP contribution in [0.15, 0.2) is 24.5 Å². The second kappa shape index (κ2) is 6.15. The van der Waals surface area contributed by atoms with E-state index in [-0.39, 0.29) is 12.2 Å². The van der Waals surface area contributed by atoms with Gasteiger partial charge in [0, 0.05) is 12.2 Å². The van der Waals surface area contributed by atoms with E-state index in [0.717, 1.165) is 13.0 Å². The standard InChI is InChI=1S/C15H17FN6O/c1-3-7-21-9-18-20-12(21)8-17-15(23)13-14(16)22-10(2)5-4-6-11(22)19-13/h4-6,9H,3,7-8H2,1-2H3,(H,17,23). The van der Waals surface area contributed by atoms with Gasteiger partial charge in [0.15, 0.2) is 11.5 Å². The first-order chi connectivity index (χ1) is 11.1. The fourth-order valence-corrected chi connectivity index (χ4v) is 2.44. The summed E-state index contributed by atoms with van der Waals surface area (Å²) < 4.78 is 17.6. The van der Waals surface area contributed by atoms with Crippen LogP contribution in [0.5, 0.6) is 0 Å². The van der Waals surface area contributed by atoms with Gasteiger partial charge in [-0.05, 0) is 25.5 Å². The normalized spacial score (nSPS) is 11.1. The van der Waals surface area contributed by atoms with Crippen molar-refractivity contribution in [3.8, 4) is 0 Å². The molecule has 0 fully saturated rings. The molecule has 1 amide bonds. The number of carbonyl (C=O) groups excluding carboxylic acids is 1. The molecule has 120 valence electrons. The molecule has 23 heavy (non-hydrogen) atoms. The number of amides is 1. The molecule has 0 saturated carbocycles. The molecule has 0 atom stereocenters. The van der Waals surface area contributed by atoms with Crippen LogP contribution in [0.1, 0.15) is 35.4 Å². The monoisotopic (exact) mass is 316 g/mol. The molecule has 0 aliphatic carbocycles. The Morgan fingerprint density at radius 2 is 2.22 bits per heavy atom. The molecular weight excluding hydrogens is 299 g/mol. The van der Waals surface area contributed by atoms with E-state index >= 15 is 0 Å². The van der Waals surface area contributed by atoms with Crippen LogP contribution >= 0.6 is 0 Å². The third-order valence-electron chi connectivity index (χ3n) is 3.56. The minimum Gasteiger partial charge on any atom is -0.343 e. The molecule has 0 saturated heterocycles. The molecule has 0 bridgehead atoms. The highest BCUT2D eigenvalue weighted by Crippen LogP contribution is 2.13. The first-order valence-electron chi connectivity index (χ1n) is 7.40. The molecule has 3 heterocycles. The number of fused-ring (bicyclic) bond motifs is 1. The number of pyridine rings is 1. The molecule has 3 aromatic heterocycles. The van der Waals surface area contributed by atoms with Crippen LogP contribution in [0.25, 0.3) is 5.65 Å². The lowest BCUT2D eigenvalue weighted by molar-refractivity contribution is 0.0940. The lowest BCUT2D eigenvalue weighted by atomic mass is 10.3. The molecular formula is C15H17FN6O. The second-order valence-corrected chi connectivity index (χ2v) is 5.24. The minimum atomic E-state index is -0.661. The topological polar surface area (TPSA) is 77.1 Å². The fourth-order valence-electron chi connectivity index (χ4n) is 2.44. The average Bonchev–Trinajstić information content (AvgIpc) is 3.11. The van der Waals surface area contributed by atoms with Crippen LogP contribution in [0.4, 0.5) is 4.39 Å². The number of nitrogens with one attached hydrogen (secondary N) is 1. The second-order valence-electron chi connectivity index (χ2n) is 5.24. The average molecular weight is 316 g/mol. The molecule has 3 aromatic rings. The van der Waals surface area contributed by atoms with E-state index < -0.39 is 11.9 Å². The predicted molar refractivity (Wildman–Crippen MR) is 81.4 cm³/mol. The quantitative estimate of drug-likeness (QED) is 0.777. The van der Waals surface area contributed by atoms with E-state index in [1.165, 1.54) is 4.40 Å². The lowest BCUT2D eigenvalue weighted by Crippen LogP contribution is -2.26. The van der Waals surface area contributed by atoms with Crippen LogP contribution in [0.2, 0.25) is 0 Å². The van der Waals surface area contributed by atoms with Crippen LogP contribution in [-0.2, 0) is 13.1 Å². The number of nitrogens with zero attached hydrogens (tertiary/aromatic N) is 5. The first-order valence-corrected chi connectivity index (χ1v) is 7.40. The summed E-state index contributed by atoms with van der Waals surface area (Å²) in [6.45, 7) is 4.73. The fraction of sp³-hybridized carbons (Fsp3) is 0.333. The highest BCUT2D eigenvalue weighted by atomic mass is 19.1. The Morgan fingerprint density at radius 1 is 1.39 bits per heavy atom. The number of rotatable bonds is 5. The summed E-state index contributed by atoms with van der Waals surface area (Å²) in [7, 11) is 0. The zero-order valence-electron chi connectivity index (χ0n) is 13.0. The Bertz CT molecular complexity index is 853. The summed E-state index contributed by atoms with van der Waals surface area (Å²) in [5.41, 5.74) is 0.858. The van der Waals surface area contributed by atoms with Crippen LogP contribution in [0.3, 0.4) is 0 Å². The van der Waals surface area contributed by atoms with Crippen LogP contribution < -0.4 is 5.32 Å². The summed E-state index contributed by atoms with van der Waals surface area (Å²) in [5, 5.41) is 10.4. The van der Waals surface area contributed by atoms with E-state index in [0.29, 0.717) is 17.2 Å². The maximum Gasteiger partial charge on any atom is 0.275 e. The van der Waals surface area contributed by atoms with Gasteiger partial charge in [-0.1, -0.05) is 13.0 Å². The largest absolute Gasteiger partial charge is 0.343 e. The number of carbonyl (C=O) groups is 1. The summed E-state index contributed by atoms with van der Waals surface area (Å²) in [6.07, 6.45) is 2.54. The van der Waals surface area contributed by atoms with Crippen LogP contribution in [0, 0.1) is 12.9 Å². The zero-order chi connectivity index (χ0) is 16.4. The Morgan fingerprint density at radius 3 is 2.96 bits per heavy atom. The van der Waals surface area contributed by atoms with E-state index in [4.69, 9.17) is 0 Å². The third-order valence-corrected chi connectivity index (χ3v) is 3.56. The zero-order valence-corrected chi connectivity index (χ0v) is 13.0. The molecule has 7 nitrogen and oxygen atoms in total. The SMILES string of the molecule is CCCn1cnnc1CNC(=O)c1nc2cccc(C)n2c1F. The summed E-state index contributed by atoms with van der Waals surface area (Å²) >= 11 is 0. The third kappa shape index (κ3) is 2.79. The molecule has 0 unspecified atom stereocenters. The number of hydrogen-bond donors (Lipinski definition) is 1. The van der Waals surface area contributed by atoms with E-state index in [2.05, 4.69) is 20.5 Å². The Hall–Kier alpha value is -2.77. The Balaban J connectivity index is 1.80. The maximum absolute atomic E-state index is 14.4. The molecule has 1 N–H and O–H groups in total. The number of imidazole rings is 1. The van der Waals surface area contributed by atoms with E-state index in [1.807, 2.05) is 11.5 Å². The first kappa shape index (κ1) is 15.1. The molecule has 8 heteroatoms.